The Kier molecular flexibility index (Phi) is 5.05. The summed E-state index contributed by atoms with van der Waals surface area (Å²) in [4.78, 5) is 1.29. The van der Waals surface area contributed by atoms with Crippen molar-refractivity contribution in [1.82, 2.24) is 15.1 Å². The van der Waals surface area contributed by atoms with E-state index >= 15 is 0 Å². The Morgan fingerprint density at radius 1 is 1.26 bits per heavy atom. The highest BCUT2D eigenvalue weighted by Crippen LogP contribution is 2.24. The summed E-state index contributed by atoms with van der Waals surface area (Å²) in [5.74, 6) is 0. The molecular formula is C15H21N3S. The van der Waals surface area contributed by atoms with E-state index in [-0.39, 0.29) is 6.04 Å². The van der Waals surface area contributed by atoms with Crippen molar-refractivity contribution in [1.29, 1.82) is 0 Å². The Hall–Kier alpha value is -1.26. The predicted molar refractivity (Wildman–Crippen MR) is 81.6 cm³/mol. The molecule has 1 aromatic carbocycles. The van der Waals surface area contributed by atoms with E-state index in [1.54, 1.807) is 11.8 Å². The van der Waals surface area contributed by atoms with Crippen LogP contribution in [0, 0.1) is 0 Å². The molecule has 1 unspecified atom stereocenters. The van der Waals surface area contributed by atoms with Crippen molar-refractivity contribution in [3.63, 3.8) is 0 Å². The molecule has 0 spiro atoms. The molecule has 19 heavy (non-hydrogen) atoms. The molecule has 1 heterocycles. The largest absolute Gasteiger partial charge is 0.309 e. The van der Waals surface area contributed by atoms with Crippen molar-refractivity contribution in [2.75, 3.05) is 13.3 Å². The highest BCUT2D eigenvalue weighted by atomic mass is 32.2. The van der Waals surface area contributed by atoms with Gasteiger partial charge < -0.3 is 5.32 Å². The normalized spacial score (nSPS) is 12.6. The van der Waals surface area contributed by atoms with Crippen LogP contribution in [0.5, 0.6) is 0 Å². The first-order chi connectivity index (χ1) is 9.28. The molecule has 0 bridgehead atoms. The average Bonchev–Trinajstić information content (AvgIpc) is 2.89. The van der Waals surface area contributed by atoms with Crippen LogP contribution in [-0.2, 0) is 6.54 Å². The molecule has 0 aliphatic rings. The van der Waals surface area contributed by atoms with E-state index in [1.165, 1.54) is 16.0 Å². The molecule has 2 rings (SSSR count). The first kappa shape index (κ1) is 14.2. The smallest absolute Gasteiger partial charge is 0.0605 e. The lowest BCUT2D eigenvalue weighted by Gasteiger charge is -2.15. The van der Waals surface area contributed by atoms with Gasteiger partial charge in [-0.15, -0.1) is 11.8 Å². The van der Waals surface area contributed by atoms with Crippen molar-refractivity contribution in [2.24, 2.45) is 0 Å². The van der Waals surface area contributed by atoms with Gasteiger partial charge in [0, 0.05) is 23.2 Å². The molecular weight excluding hydrogens is 254 g/mol. The van der Waals surface area contributed by atoms with Gasteiger partial charge in [0.2, 0.25) is 0 Å². The summed E-state index contributed by atoms with van der Waals surface area (Å²) < 4.78 is 2.01. The fraction of sp³-hybridized carbons (Fsp3) is 0.400. The standard InChI is InChI=1S/C15H21N3S/c1-4-9-18-11-13(10-17-18)15(16-2)12-5-7-14(19-3)8-6-12/h5-8,10-11,15-16H,4,9H2,1-3H3. The topological polar surface area (TPSA) is 29.9 Å². The number of nitrogens with zero attached hydrogens (tertiary/aromatic N) is 2. The van der Waals surface area contributed by atoms with Crippen LogP contribution in [0.4, 0.5) is 0 Å². The molecule has 1 aromatic heterocycles. The van der Waals surface area contributed by atoms with Crippen LogP contribution in [0.3, 0.4) is 0 Å². The molecule has 0 fully saturated rings. The third-order valence-corrected chi connectivity index (χ3v) is 3.92. The number of thioether (sulfide) groups is 1. The van der Waals surface area contributed by atoms with E-state index in [2.05, 4.69) is 54.1 Å². The van der Waals surface area contributed by atoms with Crippen molar-refractivity contribution < 1.29 is 0 Å². The summed E-state index contributed by atoms with van der Waals surface area (Å²) in [5, 5.41) is 7.77. The van der Waals surface area contributed by atoms with Gasteiger partial charge in [0.05, 0.1) is 12.2 Å². The van der Waals surface area contributed by atoms with Gasteiger partial charge in [-0.2, -0.15) is 5.10 Å². The zero-order chi connectivity index (χ0) is 13.7. The number of nitrogens with one attached hydrogen (secondary N) is 1. The summed E-state index contributed by atoms with van der Waals surface area (Å²) >= 11 is 1.77. The van der Waals surface area contributed by atoms with Crippen molar-refractivity contribution in [3.8, 4) is 0 Å². The molecule has 2 aromatic rings. The van der Waals surface area contributed by atoms with Crippen molar-refractivity contribution in [3.05, 3.63) is 47.8 Å². The predicted octanol–water partition coefficient (Wildman–Crippen LogP) is 3.32. The number of benzene rings is 1. The van der Waals surface area contributed by atoms with Gasteiger partial charge in [-0.1, -0.05) is 19.1 Å². The fourth-order valence-corrected chi connectivity index (χ4v) is 2.61. The highest BCUT2D eigenvalue weighted by molar-refractivity contribution is 7.98. The molecule has 1 atom stereocenters. The van der Waals surface area contributed by atoms with Gasteiger partial charge in [-0.25, -0.2) is 0 Å². The Labute approximate surface area is 119 Å². The Morgan fingerprint density at radius 2 is 2.00 bits per heavy atom. The number of hydrogen-bond donors (Lipinski definition) is 1. The number of rotatable bonds is 6. The molecule has 0 radical (unpaired) electrons. The van der Waals surface area contributed by atoms with Crippen LogP contribution in [0.2, 0.25) is 0 Å². The minimum Gasteiger partial charge on any atom is -0.309 e. The second-order valence-electron chi connectivity index (χ2n) is 4.53. The van der Waals surface area contributed by atoms with E-state index < -0.39 is 0 Å². The molecule has 102 valence electrons. The van der Waals surface area contributed by atoms with E-state index in [0.717, 1.165) is 13.0 Å². The molecule has 0 saturated carbocycles. The molecule has 4 heteroatoms. The van der Waals surface area contributed by atoms with Crippen LogP contribution in [0.25, 0.3) is 0 Å². The quantitative estimate of drug-likeness (QED) is 0.820. The summed E-state index contributed by atoms with van der Waals surface area (Å²) in [6.07, 6.45) is 7.29. The number of hydrogen-bond acceptors (Lipinski definition) is 3. The minimum absolute atomic E-state index is 0.210. The lowest BCUT2D eigenvalue weighted by molar-refractivity contribution is 0.600. The first-order valence-corrected chi connectivity index (χ1v) is 7.84. The summed E-state index contributed by atoms with van der Waals surface area (Å²) in [7, 11) is 1.99. The summed E-state index contributed by atoms with van der Waals surface area (Å²) in [6, 6.07) is 8.91. The Bertz CT molecular complexity index is 504. The van der Waals surface area contributed by atoms with E-state index in [4.69, 9.17) is 0 Å². The summed E-state index contributed by atoms with van der Waals surface area (Å²) in [5.41, 5.74) is 2.49. The lowest BCUT2D eigenvalue weighted by Crippen LogP contribution is -2.17. The maximum absolute atomic E-state index is 4.41. The Morgan fingerprint density at radius 3 is 2.58 bits per heavy atom. The van der Waals surface area contributed by atoms with Gasteiger partial charge >= 0.3 is 0 Å². The van der Waals surface area contributed by atoms with Gasteiger partial charge in [0.15, 0.2) is 0 Å². The molecule has 0 amide bonds. The molecule has 0 aliphatic heterocycles. The first-order valence-electron chi connectivity index (χ1n) is 6.62. The van der Waals surface area contributed by atoms with Gasteiger partial charge in [0.25, 0.3) is 0 Å². The van der Waals surface area contributed by atoms with Crippen LogP contribution in [0.15, 0.2) is 41.6 Å². The van der Waals surface area contributed by atoms with E-state index in [0.29, 0.717) is 0 Å². The molecule has 1 N–H and O–H groups in total. The second kappa shape index (κ2) is 6.78. The van der Waals surface area contributed by atoms with Gasteiger partial charge in [-0.05, 0) is 37.4 Å². The van der Waals surface area contributed by atoms with Crippen LogP contribution >= 0.6 is 11.8 Å². The van der Waals surface area contributed by atoms with Crippen LogP contribution in [-0.4, -0.2) is 23.1 Å². The molecule has 3 nitrogen and oxygen atoms in total. The Balaban J connectivity index is 2.21. The SMILES string of the molecule is CCCn1cc(C(NC)c2ccc(SC)cc2)cn1. The fourth-order valence-electron chi connectivity index (χ4n) is 2.20. The number of aromatic nitrogens is 2. The van der Waals surface area contributed by atoms with Gasteiger partial charge in [-0.3, -0.25) is 4.68 Å². The maximum atomic E-state index is 4.41. The van der Waals surface area contributed by atoms with Crippen LogP contribution < -0.4 is 5.32 Å². The summed E-state index contributed by atoms with van der Waals surface area (Å²) in [6.45, 7) is 3.14. The van der Waals surface area contributed by atoms with Crippen molar-refractivity contribution in [2.45, 2.75) is 30.8 Å². The average molecular weight is 275 g/mol. The zero-order valence-electron chi connectivity index (χ0n) is 11.8. The van der Waals surface area contributed by atoms with Crippen LogP contribution in [0.1, 0.15) is 30.5 Å². The monoisotopic (exact) mass is 275 g/mol. The maximum Gasteiger partial charge on any atom is 0.0605 e. The third-order valence-electron chi connectivity index (χ3n) is 3.18. The van der Waals surface area contributed by atoms with Crippen molar-refractivity contribution >= 4 is 11.8 Å². The van der Waals surface area contributed by atoms with E-state index in [9.17, 15) is 0 Å². The van der Waals surface area contributed by atoms with E-state index in [1.807, 2.05) is 17.9 Å². The minimum atomic E-state index is 0.210. The lowest BCUT2D eigenvalue weighted by atomic mass is 10.0. The molecule has 0 saturated heterocycles. The van der Waals surface area contributed by atoms with Gasteiger partial charge in [0.1, 0.15) is 0 Å². The highest BCUT2D eigenvalue weighted by Gasteiger charge is 2.13. The number of aryl methyl sites for hydroxylation is 1. The third kappa shape index (κ3) is 3.39. The zero-order valence-corrected chi connectivity index (χ0v) is 12.6. The second-order valence-corrected chi connectivity index (χ2v) is 5.41. The molecule has 0 aliphatic carbocycles.